The highest BCUT2D eigenvalue weighted by atomic mass is 32.1. The first-order valence-corrected chi connectivity index (χ1v) is 7.45. The van der Waals surface area contributed by atoms with Gasteiger partial charge in [-0.05, 0) is 30.7 Å². The smallest absolute Gasteiger partial charge is 0.242 e. The number of nitrogens with two attached hydrogens (primary N) is 1. The summed E-state index contributed by atoms with van der Waals surface area (Å²) in [4.78, 5) is 15.5. The zero-order chi connectivity index (χ0) is 12.5. The second kappa shape index (κ2) is 4.99. The molecule has 2 heterocycles. The lowest BCUT2D eigenvalue weighted by Gasteiger charge is -2.17. The molecule has 1 saturated heterocycles. The molecular weight excluding hydrogens is 246 g/mol. The summed E-state index contributed by atoms with van der Waals surface area (Å²) in [6.45, 7) is 2.11. The maximum Gasteiger partial charge on any atom is 0.242 e. The highest BCUT2D eigenvalue weighted by Gasteiger charge is 2.35. The van der Waals surface area contributed by atoms with Gasteiger partial charge in [-0.15, -0.1) is 11.3 Å². The van der Waals surface area contributed by atoms with E-state index in [-0.39, 0.29) is 11.9 Å². The Labute approximate surface area is 111 Å². The Balaban J connectivity index is 1.52. The summed E-state index contributed by atoms with van der Waals surface area (Å²) in [5.41, 5.74) is 5.95. The minimum atomic E-state index is -0.514. The van der Waals surface area contributed by atoms with E-state index in [0.29, 0.717) is 0 Å². The molecule has 4 nitrogen and oxygen atoms in total. The predicted molar refractivity (Wildman–Crippen MR) is 72.4 cm³/mol. The number of nitrogens with zero attached hydrogens (tertiary/aromatic N) is 1. The molecule has 5 heteroatoms. The van der Waals surface area contributed by atoms with E-state index in [9.17, 15) is 4.79 Å². The molecule has 3 rings (SSSR count). The van der Waals surface area contributed by atoms with Crippen molar-refractivity contribution in [2.75, 3.05) is 13.1 Å². The highest BCUT2D eigenvalue weighted by Crippen LogP contribution is 2.29. The average molecular weight is 265 g/mol. The first-order chi connectivity index (χ1) is 8.74. The quantitative estimate of drug-likeness (QED) is 0.857. The summed E-state index contributed by atoms with van der Waals surface area (Å²) >= 11 is 1.54. The number of hydrogen-bond donors (Lipinski definition) is 2. The Morgan fingerprint density at radius 1 is 1.50 bits per heavy atom. The fraction of sp³-hybridized carbons (Fsp3) is 0.615. The van der Waals surface area contributed by atoms with Crippen LogP contribution in [0.15, 0.2) is 17.5 Å². The van der Waals surface area contributed by atoms with Gasteiger partial charge in [0, 0.05) is 30.1 Å². The lowest BCUT2D eigenvalue weighted by molar-refractivity contribution is -0.123. The third-order valence-electron chi connectivity index (χ3n) is 3.76. The molecule has 1 amide bonds. The second-order valence-electron chi connectivity index (χ2n) is 5.21. The van der Waals surface area contributed by atoms with E-state index in [1.54, 1.807) is 0 Å². The van der Waals surface area contributed by atoms with Crippen molar-refractivity contribution in [1.29, 1.82) is 0 Å². The largest absolute Gasteiger partial charge is 0.350 e. The molecule has 2 unspecified atom stereocenters. The molecule has 18 heavy (non-hydrogen) atoms. The van der Waals surface area contributed by atoms with Crippen LogP contribution in [-0.4, -0.2) is 36.0 Å². The van der Waals surface area contributed by atoms with Crippen molar-refractivity contribution >= 4 is 17.2 Å². The van der Waals surface area contributed by atoms with Crippen LogP contribution in [0.5, 0.6) is 0 Å². The van der Waals surface area contributed by atoms with Gasteiger partial charge in [0.2, 0.25) is 5.91 Å². The maximum absolute atomic E-state index is 12.0. The Bertz CT molecular complexity index is 416. The zero-order valence-electron chi connectivity index (χ0n) is 10.3. The Kier molecular flexibility index (Phi) is 3.37. The molecule has 0 spiro atoms. The Morgan fingerprint density at radius 2 is 2.33 bits per heavy atom. The van der Waals surface area contributed by atoms with Gasteiger partial charge in [-0.25, -0.2) is 0 Å². The summed E-state index contributed by atoms with van der Waals surface area (Å²) in [7, 11) is 0. The van der Waals surface area contributed by atoms with Gasteiger partial charge in [0.25, 0.3) is 0 Å². The minimum absolute atomic E-state index is 0.0416. The monoisotopic (exact) mass is 265 g/mol. The van der Waals surface area contributed by atoms with Crippen LogP contribution in [0, 0.1) is 0 Å². The van der Waals surface area contributed by atoms with Crippen LogP contribution in [0.1, 0.15) is 30.2 Å². The standard InChI is InChI=1S/C13H19N3OS/c14-12(11-2-1-7-18-11)13(17)15-9-5-6-16(8-9)10-3-4-10/h1-2,7,9-10,12H,3-6,8,14H2,(H,15,17). The van der Waals surface area contributed by atoms with Crippen LogP contribution in [0.2, 0.25) is 0 Å². The van der Waals surface area contributed by atoms with Crippen LogP contribution in [-0.2, 0) is 4.79 Å². The summed E-state index contributed by atoms with van der Waals surface area (Å²) in [6.07, 6.45) is 3.71. The number of amides is 1. The lowest BCUT2D eigenvalue weighted by atomic mass is 10.2. The molecule has 2 aliphatic rings. The molecular formula is C13H19N3OS. The van der Waals surface area contributed by atoms with Crippen molar-refractivity contribution in [1.82, 2.24) is 10.2 Å². The third kappa shape index (κ3) is 2.58. The summed E-state index contributed by atoms with van der Waals surface area (Å²) in [5, 5.41) is 5.03. The molecule has 0 bridgehead atoms. The fourth-order valence-corrected chi connectivity index (χ4v) is 3.29. The van der Waals surface area contributed by atoms with Crippen LogP contribution in [0.4, 0.5) is 0 Å². The van der Waals surface area contributed by atoms with Crippen molar-refractivity contribution in [2.24, 2.45) is 5.73 Å². The molecule has 2 atom stereocenters. The van der Waals surface area contributed by atoms with E-state index in [1.165, 1.54) is 24.2 Å². The maximum atomic E-state index is 12.0. The summed E-state index contributed by atoms with van der Waals surface area (Å²) in [6, 6.07) is 4.40. The van der Waals surface area contributed by atoms with Crippen molar-refractivity contribution in [3.8, 4) is 0 Å². The lowest BCUT2D eigenvalue weighted by Crippen LogP contribution is -2.42. The molecule has 0 aromatic carbocycles. The topological polar surface area (TPSA) is 58.4 Å². The summed E-state index contributed by atoms with van der Waals surface area (Å²) in [5.74, 6) is -0.0416. The molecule has 0 radical (unpaired) electrons. The van der Waals surface area contributed by atoms with Gasteiger partial charge < -0.3 is 11.1 Å². The number of hydrogen-bond acceptors (Lipinski definition) is 4. The number of carbonyl (C=O) groups excluding carboxylic acids is 1. The van der Waals surface area contributed by atoms with E-state index in [2.05, 4.69) is 10.2 Å². The number of nitrogens with one attached hydrogen (secondary N) is 1. The number of carbonyl (C=O) groups is 1. The van der Waals surface area contributed by atoms with E-state index in [0.717, 1.165) is 30.4 Å². The SMILES string of the molecule is NC(C(=O)NC1CCN(C2CC2)C1)c1cccs1. The van der Waals surface area contributed by atoms with Gasteiger partial charge in [-0.2, -0.15) is 0 Å². The number of thiophene rings is 1. The summed E-state index contributed by atoms with van der Waals surface area (Å²) < 4.78 is 0. The van der Waals surface area contributed by atoms with Crippen LogP contribution >= 0.6 is 11.3 Å². The molecule has 1 aliphatic heterocycles. The van der Waals surface area contributed by atoms with Gasteiger partial charge in [-0.3, -0.25) is 9.69 Å². The van der Waals surface area contributed by atoms with E-state index < -0.39 is 6.04 Å². The normalized spacial score (nSPS) is 26.2. The first-order valence-electron chi connectivity index (χ1n) is 6.57. The molecule has 98 valence electrons. The van der Waals surface area contributed by atoms with Crippen LogP contribution in [0.3, 0.4) is 0 Å². The minimum Gasteiger partial charge on any atom is -0.350 e. The molecule has 1 saturated carbocycles. The molecule has 1 aliphatic carbocycles. The number of rotatable bonds is 4. The van der Waals surface area contributed by atoms with Crippen molar-refractivity contribution in [2.45, 2.75) is 37.4 Å². The third-order valence-corrected chi connectivity index (χ3v) is 4.72. The Morgan fingerprint density at radius 3 is 3.00 bits per heavy atom. The molecule has 1 aromatic heterocycles. The van der Waals surface area contributed by atoms with Crippen molar-refractivity contribution in [3.63, 3.8) is 0 Å². The van der Waals surface area contributed by atoms with Gasteiger partial charge in [-0.1, -0.05) is 6.07 Å². The first kappa shape index (κ1) is 12.1. The fourth-order valence-electron chi connectivity index (χ4n) is 2.56. The second-order valence-corrected chi connectivity index (χ2v) is 6.19. The Hall–Kier alpha value is -0.910. The van der Waals surface area contributed by atoms with Crippen LogP contribution in [0.25, 0.3) is 0 Å². The highest BCUT2D eigenvalue weighted by molar-refractivity contribution is 7.10. The number of likely N-dealkylation sites (tertiary alicyclic amines) is 1. The zero-order valence-corrected chi connectivity index (χ0v) is 11.2. The predicted octanol–water partition coefficient (Wildman–Crippen LogP) is 1.10. The van der Waals surface area contributed by atoms with E-state index in [4.69, 9.17) is 5.73 Å². The van der Waals surface area contributed by atoms with Gasteiger partial charge in [0.15, 0.2) is 0 Å². The van der Waals surface area contributed by atoms with Crippen LogP contribution < -0.4 is 11.1 Å². The van der Waals surface area contributed by atoms with Crippen molar-refractivity contribution in [3.05, 3.63) is 22.4 Å². The van der Waals surface area contributed by atoms with E-state index in [1.807, 2.05) is 17.5 Å². The van der Waals surface area contributed by atoms with Gasteiger partial charge in [0.05, 0.1) is 0 Å². The molecule has 2 fully saturated rings. The van der Waals surface area contributed by atoms with Gasteiger partial charge in [0.1, 0.15) is 6.04 Å². The van der Waals surface area contributed by atoms with Crippen molar-refractivity contribution < 1.29 is 4.79 Å². The van der Waals surface area contributed by atoms with E-state index >= 15 is 0 Å². The molecule has 1 aromatic rings. The van der Waals surface area contributed by atoms with Gasteiger partial charge >= 0.3 is 0 Å². The molecule has 3 N–H and O–H groups in total. The average Bonchev–Trinajstić information content (AvgIpc) is 2.91.